The molecular weight excluding hydrogens is 394 g/mol. The van der Waals surface area contributed by atoms with Gasteiger partial charge in [0, 0.05) is 24.8 Å². The molecule has 29 heavy (non-hydrogen) atoms. The average Bonchev–Trinajstić information content (AvgIpc) is 2.71. The zero-order valence-electron chi connectivity index (χ0n) is 17.2. The number of nitrogens with one attached hydrogen (secondary N) is 2. The SMILES string of the molecule is COc1ccc(OC)c(NC(=O)CNc2ccc(S(=O)(=O)N(C)C(C)C)cc2)c1. The minimum absolute atomic E-state index is 0.00163. The standard InChI is InChI=1S/C20H27N3O5S/c1-14(2)23(3)29(25,26)17-9-6-15(7-10-17)21-13-20(24)22-18-12-16(27-4)8-11-19(18)28-5/h6-12,14,21H,13H2,1-5H3,(H,22,24). The van der Waals surface area contributed by atoms with Crippen LogP contribution in [0.15, 0.2) is 47.4 Å². The van der Waals surface area contributed by atoms with Crippen LogP contribution in [0.1, 0.15) is 13.8 Å². The predicted molar refractivity (Wildman–Crippen MR) is 113 cm³/mol. The molecule has 0 radical (unpaired) electrons. The monoisotopic (exact) mass is 421 g/mol. The number of hydrogen-bond donors (Lipinski definition) is 2. The van der Waals surface area contributed by atoms with E-state index in [0.717, 1.165) is 0 Å². The van der Waals surface area contributed by atoms with Crippen molar-refractivity contribution in [3.8, 4) is 11.5 Å². The van der Waals surface area contributed by atoms with Gasteiger partial charge in [-0.1, -0.05) is 0 Å². The largest absolute Gasteiger partial charge is 0.497 e. The topological polar surface area (TPSA) is 97.0 Å². The first-order chi connectivity index (χ1) is 13.7. The van der Waals surface area contributed by atoms with E-state index in [0.29, 0.717) is 22.9 Å². The summed E-state index contributed by atoms with van der Waals surface area (Å²) in [7, 11) is 1.06. The van der Waals surface area contributed by atoms with Gasteiger partial charge in [0.1, 0.15) is 11.5 Å². The van der Waals surface area contributed by atoms with Crippen molar-refractivity contribution in [1.29, 1.82) is 0 Å². The van der Waals surface area contributed by atoms with Gasteiger partial charge in [0.05, 0.1) is 31.3 Å². The number of carbonyl (C=O) groups is 1. The lowest BCUT2D eigenvalue weighted by molar-refractivity contribution is -0.114. The summed E-state index contributed by atoms with van der Waals surface area (Å²) in [6.45, 7) is 3.62. The van der Waals surface area contributed by atoms with Gasteiger partial charge in [-0.15, -0.1) is 0 Å². The molecule has 0 aromatic heterocycles. The first-order valence-electron chi connectivity index (χ1n) is 9.03. The van der Waals surface area contributed by atoms with E-state index in [-0.39, 0.29) is 23.4 Å². The highest BCUT2D eigenvalue weighted by Crippen LogP contribution is 2.28. The van der Waals surface area contributed by atoms with Gasteiger partial charge in [-0.2, -0.15) is 4.31 Å². The molecule has 2 aromatic rings. The van der Waals surface area contributed by atoms with Crippen LogP contribution in [-0.2, 0) is 14.8 Å². The van der Waals surface area contributed by atoms with E-state index in [2.05, 4.69) is 10.6 Å². The van der Waals surface area contributed by atoms with Crippen LogP contribution in [0.5, 0.6) is 11.5 Å². The van der Waals surface area contributed by atoms with Crippen molar-refractivity contribution in [1.82, 2.24) is 4.31 Å². The molecule has 9 heteroatoms. The lowest BCUT2D eigenvalue weighted by Crippen LogP contribution is -2.33. The van der Waals surface area contributed by atoms with Crippen molar-refractivity contribution in [3.63, 3.8) is 0 Å². The summed E-state index contributed by atoms with van der Waals surface area (Å²) in [6, 6.07) is 11.2. The predicted octanol–water partition coefficient (Wildman–Crippen LogP) is 2.78. The van der Waals surface area contributed by atoms with Gasteiger partial charge < -0.3 is 20.1 Å². The first kappa shape index (κ1) is 22.5. The zero-order valence-corrected chi connectivity index (χ0v) is 18.0. The highest BCUT2D eigenvalue weighted by molar-refractivity contribution is 7.89. The Bertz CT molecular complexity index is 943. The first-order valence-corrected chi connectivity index (χ1v) is 10.5. The second kappa shape index (κ2) is 9.62. The molecule has 0 atom stereocenters. The number of anilines is 2. The Balaban J connectivity index is 2.01. The minimum atomic E-state index is -3.54. The molecule has 0 bridgehead atoms. The van der Waals surface area contributed by atoms with Crippen molar-refractivity contribution < 1.29 is 22.7 Å². The third kappa shape index (κ3) is 5.61. The number of sulfonamides is 1. The number of carbonyl (C=O) groups excluding carboxylic acids is 1. The number of ether oxygens (including phenoxy) is 2. The fraction of sp³-hybridized carbons (Fsp3) is 0.350. The average molecular weight is 422 g/mol. The van der Waals surface area contributed by atoms with Crippen LogP contribution >= 0.6 is 0 Å². The number of rotatable bonds is 9. The van der Waals surface area contributed by atoms with E-state index in [1.165, 1.54) is 30.7 Å². The van der Waals surface area contributed by atoms with Crippen LogP contribution in [0.25, 0.3) is 0 Å². The number of benzene rings is 2. The fourth-order valence-corrected chi connectivity index (χ4v) is 3.84. The Labute approximate surface area is 171 Å². The number of methoxy groups -OCH3 is 2. The second-order valence-electron chi connectivity index (χ2n) is 6.61. The molecule has 0 fully saturated rings. The number of amides is 1. The molecular formula is C20H27N3O5S. The number of hydrogen-bond acceptors (Lipinski definition) is 6. The molecule has 2 aromatic carbocycles. The Hall–Kier alpha value is -2.78. The van der Waals surface area contributed by atoms with Crippen molar-refractivity contribution >= 4 is 27.3 Å². The second-order valence-corrected chi connectivity index (χ2v) is 8.60. The van der Waals surface area contributed by atoms with Gasteiger partial charge >= 0.3 is 0 Å². The maximum atomic E-state index is 12.5. The van der Waals surface area contributed by atoms with Crippen molar-refractivity contribution in [2.75, 3.05) is 38.4 Å². The number of nitrogens with zero attached hydrogens (tertiary/aromatic N) is 1. The molecule has 0 aliphatic carbocycles. The van der Waals surface area contributed by atoms with Crippen molar-refractivity contribution in [3.05, 3.63) is 42.5 Å². The van der Waals surface area contributed by atoms with Crippen LogP contribution in [0.2, 0.25) is 0 Å². The molecule has 158 valence electrons. The maximum Gasteiger partial charge on any atom is 0.243 e. The summed E-state index contributed by atoms with van der Waals surface area (Å²) in [5.41, 5.74) is 1.13. The Morgan fingerprint density at radius 1 is 1.07 bits per heavy atom. The molecule has 0 aliphatic heterocycles. The van der Waals surface area contributed by atoms with Gasteiger partial charge in [0.25, 0.3) is 0 Å². The van der Waals surface area contributed by atoms with Crippen LogP contribution < -0.4 is 20.1 Å². The molecule has 2 N–H and O–H groups in total. The van der Waals surface area contributed by atoms with Gasteiger partial charge in [0.15, 0.2) is 0 Å². The Morgan fingerprint density at radius 3 is 2.28 bits per heavy atom. The van der Waals surface area contributed by atoms with E-state index >= 15 is 0 Å². The zero-order chi connectivity index (χ0) is 21.6. The Morgan fingerprint density at radius 2 is 1.72 bits per heavy atom. The summed E-state index contributed by atoms with van der Waals surface area (Å²) in [4.78, 5) is 12.5. The van der Waals surface area contributed by atoms with E-state index in [1.807, 2.05) is 13.8 Å². The van der Waals surface area contributed by atoms with E-state index < -0.39 is 10.0 Å². The molecule has 0 heterocycles. The quantitative estimate of drug-likeness (QED) is 0.646. The highest BCUT2D eigenvalue weighted by atomic mass is 32.2. The van der Waals surface area contributed by atoms with Crippen LogP contribution in [0.4, 0.5) is 11.4 Å². The van der Waals surface area contributed by atoms with Crippen molar-refractivity contribution in [2.24, 2.45) is 0 Å². The summed E-state index contributed by atoms with van der Waals surface area (Å²) in [6.07, 6.45) is 0. The smallest absolute Gasteiger partial charge is 0.243 e. The molecule has 0 unspecified atom stereocenters. The third-order valence-corrected chi connectivity index (χ3v) is 6.44. The molecule has 8 nitrogen and oxygen atoms in total. The summed E-state index contributed by atoms with van der Waals surface area (Å²) in [5.74, 6) is 0.827. The van der Waals surface area contributed by atoms with Gasteiger partial charge in [-0.3, -0.25) is 4.79 Å². The van der Waals surface area contributed by atoms with Crippen LogP contribution in [0.3, 0.4) is 0 Å². The maximum absolute atomic E-state index is 12.5. The molecule has 2 rings (SSSR count). The van der Waals surface area contributed by atoms with Crippen molar-refractivity contribution in [2.45, 2.75) is 24.8 Å². The molecule has 1 amide bonds. The van der Waals surface area contributed by atoms with Gasteiger partial charge in [-0.25, -0.2) is 8.42 Å². The summed E-state index contributed by atoms with van der Waals surface area (Å²) < 4.78 is 36.7. The Kier molecular flexibility index (Phi) is 7.46. The van der Waals surface area contributed by atoms with Crippen LogP contribution in [-0.4, -0.2) is 52.5 Å². The lowest BCUT2D eigenvalue weighted by Gasteiger charge is -2.21. The molecule has 0 saturated heterocycles. The third-order valence-electron chi connectivity index (χ3n) is 4.39. The minimum Gasteiger partial charge on any atom is -0.497 e. The summed E-state index contributed by atoms with van der Waals surface area (Å²) >= 11 is 0. The molecule has 0 aliphatic rings. The van der Waals surface area contributed by atoms with Crippen LogP contribution in [0, 0.1) is 0 Å². The lowest BCUT2D eigenvalue weighted by atomic mass is 10.2. The van der Waals surface area contributed by atoms with E-state index in [4.69, 9.17) is 9.47 Å². The summed E-state index contributed by atoms with van der Waals surface area (Å²) in [5, 5.41) is 5.73. The van der Waals surface area contributed by atoms with Gasteiger partial charge in [0.2, 0.25) is 15.9 Å². The fourth-order valence-electron chi connectivity index (χ4n) is 2.48. The van der Waals surface area contributed by atoms with E-state index in [9.17, 15) is 13.2 Å². The highest BCUT2D eigenvalue weighted by Gasteiger charge is 2.22. The van der Waals surface area contributed by atoms with Gasteiger partial charge in [-0.05, 0) is 50.2 Å². The molecule has 0 saturated carbocycles. The normalized spacial score (nSPS) is 11.4. The molecule has 0 spiro atoms. The van der Waals surface area contributed by atoms with E-state index in [1.54, 1.807) is 37.4 Å².